The van der Waals surface area contributed by atoms with Crippen LogP contribution in [0.2, 0.25) is 0 Å². The van der Waals surface area contributed by atoms with Crippen molar-refractivity contribution in [3.63, 3.8) is 0 Å². The number of para-hydroxylation sites is 5. The highest BCUT2D eigenvalue weighted by Crippen LogP contribution is 2.42. The van der Waals surface area contributed by atoms with Crippen LogP contribution in [0.1, 0.15) is 5.56 Å². The molecule has 0 unspecified atom stereocenters. The molecule has 9 aromatic rings. The molecule has 0 N–H and O–H groups in total. The van der Waals surface area contributed by atoms with Crippen molar-refractivity contribution in [2.24, 2.45) is 0 Å². The lowest BCUT2D eigenvalue weighted by atomic mass is 9.94. The Balaban J connectivity index is 1.22. The number of fused-ring (bicyclic) bond motifs is 6. The van der Waals surface area contributed by atoms with Gasteiger partial charge in [-0.3, -0.25) is 0 Å². The zero-order valence-electron chi connectivity index (χ0n) is 25.8. The maximum absolute atomic E-state index is 10.5. The molecule has 0 saturated carbocycles. The maximum atomic E-state index is 10.5. The topological polar surface area (TPSA) is 38.0 Å². The molecule has 0 bridgehead atoms. The molecule has 0 aliphatic heterocycles. The van der Waals surface area contributed by atoms with Gasteiger partial charge in [0, 0.05) is 27.2 Å². The first-order chi connectivity index (χ1) is 23.7. The number of hydrogen-bond acceptors (Lipinski definition) is 1. The largest absolute Gasteiger partial charge is 0.318 e. The Morgan fingerprint density at radius 1 is 0.479 bits per heavy atom. The third-order valence-corrected chi connectivity index (χ3v) is 9.39. The van der Waals surface area contributed by atoms with Crippen molar-refractivity contribution in [2.75, 3.05) is 0 Å². The average Bonchev–Trinajstić information content (AvgIpc) is 3.67. The number of rotatable bonds is 4. The summed E-state index contributed by atoms with van der Waals surface area (Å²) in [5.74, 6) is 0. The van der Waals surface area contributed by atoms with Crippen LogP contribution in [-0.2, 0) is 0 Å². The highest BCUT2D eigenvalue weighted by atomic mass is 15.0. The van der Waals surface area contributed by atoms with Gasteiger partial charge in [-0.25, -0.2) is 4.85 Å². The molecular weight excluding hydrogens is 585 g/mol. The van der Waals surface area contributed by atoms with Gasteiger partial charge in [0.05, 0.1) is 46.0 Å². The predicted molar refractivity (Wildman–Crippen MR) is 197 cm³/mol. The summed E-state index contributed by atoms with van der Waals surface area (Å²) in [6.45, 7) is 8.15. The van der Waals surface area contributed by atoms with E-state index in [0.29, 0.717) is 11.3 Å². The molecule has 4 nitrogen and oxygen atoms in total. The SMILES string of the molecule is [C-]#[N+]c1cccc(-c2cccc(-c3ccc(-n4c5ccccc5c5ccccc54)cc3C#N)c2)c1-n1c2ccccc2c2ccccc21. The Hall–Kier alpha value is -6.88. The normalized spacial score (nSPS) is 11.3. The van der Waals surface area contributed by atoms with Crippen LogP contribution < -0.4 is 0 Å². The number of benzene rings is 7. The maximum Gasteiger partial charge on any atom is 0.211 e. The van der Waals surface area contributed by atoms with E-state index in [9.17, 15) is 5.26 Å². The molecule has 222 valence electrons. The number of nitriles is 1. The van der Waals surface area contributed by atoms with Crippen LogP contribution in [0.15, 0.2) is 158 Å². The molecule has 0 atom stereocenters. The average molecular weight is 611 g/mol. The minimum Gasteiger partial charge on any atom is -0.318 e. The molecule has 0 fully saturated rings. The fraction of sp³-hybridized carbons (Fsp3) is 0. The van der Waals surface area contributed by atoms with Crippen LogP contribution in [-0.4, -0.2) is 9.13 Å². The van der Waals surface area contributed by atoms with E-state index in [2.05, 4.69) is 141 Å². The van der Waals surface area contributed by atoms with E-state index in [-0.39, 0.29) is 0 Å². The van der Waals surface area contributed by atoms with Gasteiger partial charge in [0.1, 0.15) is 0 Å². The predicted octanol–water partition coefficient (Wildman–Crippen LogP) is 11.6. The quantitative estimate of drug-likeness (QED) is 0.183. The highest BCUT2D eigenvalue weighted by molar-refractivity contribution is 6.11. The second kappa shape index (κ2) is 10.9. The summed E-state index contributed by atoms with van der Waals surface area (Å²) < 4.78 is 4.46. The number of aromatic nitrogens is 2. The van der Waals surface area contributed by atoms with Gasteiger partial charge in [-0.05, 0) is 64.7 Å². The molecule has 4 heteroatoms. The lowest BCUT2D eigenvalue weighted by molar-refractivity contribution is 1.18. The minimum atomic E-state index is 0.581. The van der Waals surface area contributed by atoms with Crippen molar-refractivity contribution >= 4 is 49.3 Å². The fourth-order valence-corrected chi connectivity index (χ4v) is 7.32. The Kier molecular flexibility index (Phi) is 6.22. The molecule has 0 spiro atoms. The molecule has 0 amide bonds. The van der Waals surface area contributed by atoms with Crippen molar-refractivity contribution in [2.45, 2.75) is 0 Å². The van der Waals surface area contributed by atoms with Crippen molar-refractivity contribution in [3.8, 4) is 39.7 Å². The molecule has 9 rings (SSSR count). The third kappa shape index (κ3) is 4.07. The van der Waals surface area contributed by atoms with Gasteiger partial charge < -0.3 is 9.13 Å². The minimum absolute atomic E-state index is 0.581. The van der Waals surface area contributed by atoms with Crippen molar-refractivity contribution in [3.05, 3.63) is 175 Å². The Morgan fingerprint density at radius 3 is 1.52 bits per heavy atom. The fourth-order valence-electron chi connectivity index (χ4n) is 7.32. The zero-order valence-corrected chi connectivity index (χ0v) is 25.8. The molecular formula is C44H26N4. The molecule has 7 aromatic carbocycles. The van der Waals surface area contributed by atoms with Gasteiger partial charge in [-0.1, -0.05) is 115 Å². The standard InChI is InChI=1S/C44H26N4/c1-46-39-19-11-18-34(44(39)48-42-22-8-4-16-37(42)38-17-5-9-23-43(38)48)30-13-10-12-29(26-30)33-25-24-32(27-31(33)28-45)47-40-20-6-2-14-35(40)36-15-3-7-21-41(36)47/h2-27H. The summed E-state index contributed by atoms with van der Waals surface area (Å²) >= 11 is 0. The van der Waals surface area contributed by atoms with Crippen LogP contribution in [0, 0.1) is 17.9 Å². The Morgan fingerprint density at radius 2 is 0.979 bits per heavy atom. The van der Waals surface area contributed by atoms with Crippen LogP contribution >= 0.6 is 0 Å². The molecule has 0 aliphatic carbocycles. The van der Waals surface area contributed by atoms with Gasteiger partial charge in [0.15, 0.2) is 0 Å². The summed E-state index contributed by atoms with van der Waals surface area (Å²) in [6.07, 6.45) is 0. The zero-order chi connectivity index (χ0) is 32.2. The highest BCUT2D eigenvalue weighted by Gasteiger charge is 2.19. The summed E-state index contributed by atoms with van der Waals surface area (Å²) in [4.78, 5) is 4.00. The van der Waals surface area contributed by atoms with E-state index in [1.165, 1.54) is 10.8 Å². The second-order valence-corrected chi connectivity index (χ2v) is 11.9. The number of nitrogens with zero attached hydrogens (tertiary/aromatic N) is 4. The summed E-state index contributed by atoms with van der Waals surface area (Å²) in [6, 6.07) is 56.4. The van der Waals surface area contributed by atoms with Gasteiger partial charge in [-0.15, -0.1) is 0 Å². The van der Waals surface area contributed by atoms with Crippen LogP contribution in [0.25, 0.3) is 82.1 Å². The number of hydrogen-bond donors (Lipinski definition) is 0. The molecule has 2 heterocycles. The van der Waals surface area contributed by atoms with Crippen molar-refractivity contribution < 1.29 is 0 Å². The molecule has 0 radical (unpaired) electrons. The molecule has 48 heavy (non-hydrogen) atoms. The van der Waals surface area contributed by atoms with E-state index in [1.807, 2.05) is 36.4 Å². The first-order valence-electron chi connectivity index (χ1n) is 15.9. The van der Waals surface area contributed by atoms with Crippen LogP contribution in [0.3, 0.4) is 0 Å². The van der Waals surface area contributed by atoms with Gasteiger partial charge in [0.2, 0.25) is 5.69 Å². The summed E-state index contributed by atoms with van der Waals surface area (Å²) in [5, 5.41) is 15.1. The monoisotopic (exact) mass is 610 g/mol. The first-order valence-corrected chi connectivity index (χ1v) is 15.9. The van der Waals surface area contributed by atoms with Gasteiger partial charge in [-0.2, -0.15) is 5.26 Å². The second-order valence-electron chi connectivity index (χ2n) is 11.9. The lowest BCUT2D eigenvalue weighted by Crippen LogP contribution is -1.98. The molecule has 2 aromatic heterocycles. The smallest absolute Gasteiger partial charge is 0.211 e. The summed E-state index contributed by atoms with van der Waals surface area (Å²) in [7, 11) is 0. The summed E-state index contributed by atoms with van der Waals surface area (Å²) in [5.41, 5.74) is 11.0. The van der Waals surface area contributed by atoms with Crippen molar-refractivity contribution in [1.29, 1.82) is 5.26 Å². The van der Waals surface area contributed by atoms with E-state index >= 15 is 0 Å². The van der Waals surface area contributed by atoms with Crippen molar-refractivity contribution in [1.82, 2.24) is 9.13 Å². The van der Waals surface area contributed by atoms with E-state index in [0.717, 1.165) is 66.5 Å². The van der Waals surface area contributed by atoms with E-state index < -0.39 is 0 Å². The molecule has 0 aliphatic rings. The third-order valence-electron chi connectivity index (χ3n) is 9.39. The van der Waals surface area contributed by atoms with E-state index in [1.54, 1.807) is 0 Å². The van der Waals surface area contributed by atoms with Crippen LogP contribution in [0.4, 0.5) is 5.69 Å². The van der Waals surface area contributed by atoms with Gasteiger partial charge in [0.25, 0.3) is 0 Å². The Bertz CT molecular complexity index is 2710. The Labute approximate surface area is 277 Å². The van der Waals surface area contributed by atoms with Crippen LogP contribution in [0.5, 0.6) is 0 Å². The molecule has 0 saturated heterocycles. The van der Waals surface area contributed by atoms with Gasteiger partial charge >= 0.3 is 0 Å². The lowest BCUT2D eigenvalue weighted by Gasteiger charge is -2.17. The first kappa shape index (κ1) is 27.4. The van der Waals surface area contributed by atoms with E-state index in [4.69, 9.17) is 6.57 Å².